The Morgan fingerprint density at radius 1 is 1.27 bits per heavy atom. The van der Waals surface area contributed by atoms with Gasteiger partial charge in [-0.1, -0.05) is 12.1 Å². The zero-order chi connectivity index (χ0) is 17.9. The number of benzene rings is 1. The number of esters is 1. The number of amides is 1. The van der Waals surface area contributed by atoms with Crippen LogP contribution < -0.4 is 0 Å². The van der Waals surface area contributed by atoms with Crippen LogP contribution in [0, 0.1) is 0 Å². The van der Waals surface area contributed by atoms with Gasteiger partial charge in [0.15, 0.2) is 6.61 Å². The minimum atomic E-state index is -0.511. The first-order chi connectivity index (χ1) is 12.7. The van der Waals surface area contributed by atoms with Gasteiger partial charge in [-0.05, 0) is 37.1 Å². The third-order valence-corrected chi connectivity index (χ3v) is 5.78. The van der Waals surface area contributed by atoms with Crippen LogP contribution in [0.25, 0.3) is 10.2 Å². The summed E-state index contributed by atoms with van der Waals surface area (Å²) < 4.78 is 6.29. The molecule has 1 N–H and O–H groups in total. The van der Waals surface area contributed by atoms with Crippen molar-refractivity contribution in [2.75, 3.05) is 19.7 Å². The summed E-state index contributed by atoms with van der Waals surface area (Å²) >= 11 is 1.70. The predicted octanol–water partition coefficient (Wildman–Crippen LogP) is 3.19. The minimum Gasteiger partial charge on any atom is -0.451 e. The van der Waals surface area contributed by atoms with E-state index in [1.54, 1.807) is 34.6 Å². The van der Waals surface area contributed by atoms with Crippen molar-refractivity contribution in [3.63, 3.8) is 0 Å². The van der Waals surface area contributed by atoms with Gasteiger partial charge in [0.25, 0.3) is 5.91 Å². The molecule has 1 fully saturated rings. The maximum absolute atomic E-state index is 12.4. The number of nitrogens with zero attached hydrogens (tertiary/aromatic N) is 2. The highest BCUT2D eigenvalue weighted by molar-refractivity contribution is 7.18. The number of aromatic amines is 1. The van der Waals surface area contributed by atoms with Gasteiger partial charge in [0.2, 0.25) is 0 Å². The van der Waals surface area contributed by atoms with Crippen LogP contribution in [0.5, 0.6) is 0 Å². The molecule has 1 aliphatic heterocycles. The summed E-state index contributed by atoms with van der Waals surface area (Å²) in [6.07, 6.45) is 3.59. The lowest BCUT2D eigenvalue weighted by Gasteiger charge is -2.31. The molecule has 26 heavy (non-hydrogen) atoms. The highest BCUT2D eigenvalue weighted by Crippen LogP contribution is 2.32. The molecule has 1 aliphatic rings. The molecule has 4 rings (SSSR count). The second-order valence-corrected chi connectivity index (χ2v) is 7.42. The number of carbonyl (C=O) groups excluding carboxylic acids is 2. The van der Waals surface area contributed by atoms with E-state index in [4.69, 9.17) is 9.72 Å². The Balaban J connectivity index is 1.38. The molecule has 1 aromatic carbocycles. The Hall–Kier alpha value is -2.67. The number of hydrogen-bond donors (Lipinski definition) is 1. The third kappa shape index (κ3) is 3.48. The molecule has 134 valence electrons. The number of fused-ring (bicyclic) bond motifs is 1. The summed E-state index contributed by atoms with van der Waals surface area (Å²) in [5.41, 5.74) is 1.36. The van der Waals surface area contributed by atoms with E-state index >= 15 is 0 Å². The van der Waals surface area contributed by atoms with Crippen molar-refractivity contribution in [1.82, 2.24) is 14.9 Å². The maximum Gasteiger partial charge on any atom is 0.355 e. The molecule has 1 amide bonds. The van der Waals surface area contributed by atoms with Gasteiger partial charge in [-0.2, -0.15) is 0 Å². The van der Waals surface area contributed by atoms with Gasteiger partial charge in [-0.15, -0.1) is 11.3 Å². The molecule has 2 aromatic heterocycles. The molecule has 0 unspecified atom stereocenters. The van der Waals surface area contributed by atoms with Gasteiger partial charge in [0, 0.05) is 25.2 Å². The van der Waals surface area contributed by atoms with Gasteiger partial charge in [-0.25, -0.2) is 9.78 Å². The quantitative estimate of drug-likeness (QED) is 0.717. The number of carbonyl (C=O) groups is 2. The van der Waals surface area contributed by atoms with Crippen molar-refractivity contribution in [3.8, 4) is 0 Å². The first-order valence-corrected chi connectivity index (χ1v) is 9.46. The molecule has 0 radical (unpaired) electrons. The van der Waals surface area contributed by atoms with Gasteiger partial charge >= 0.3 is 5.97 Å². The van der Waals surface area contributed by atoms with Crippen molar-refractivity contribution in [2.24, 2.45) is 0 Å². The van der Waals surface area contributed by atoms with E-state index in [-0.39, 0.29) is 18.4 Å². The van der Waals surface area contributed by atoms with E-state index in [2.05, 4.69) is 11.1 Å². The van der Waals surface area contributed by atoms with Crippen LogP contribution in [0.1, 0.15) is 34.3 Å². The molecule has 0 spiro atoms. The molecule has 7 heteroatoms. The maximum atomic E-state index is 12.4. The zero-order valence-electron chi connectivity index (χ0n) is 14.2. The Kier molecular flexibility index (Phi) is 4.71. The Morgan fingerprint density at radius 3 is 2.96 bits per heavy atom. The summed E-state index contributed by atoms with van der Waals surface area (Å²) in [6, 6.07) is 11.4. The lowest BCUT2D eigenvalue weighted by atomic mass is 9.99. The highest BCUT2D eigenvalue weighted by atomic mass is 32.1. The van der Waals surface area contributed by atoms with Crippen molar-refractivity contribution in [1.29, 1.82) is 0 Å². The summed E-state index contributed by atoms with van der Waals surface area (Å²) in [7, 11) is 0. The van der Waals surface area contributed by atoms with E-state index < -0.39 is 5.97 Å². The lowest BCUT2D eigenvalue weighted by Crippen LogP contribution is -2.41. The Bertz CT molecular complexity index is 886. The summed E-state index contributed by atoms with van der Waals surface area (Å²) in [5, 5.41) is 1.08. The highest BCUT2D eigenvalue weighted by Gasteiger charge is 2.27. The van der Waals surface area contributed by atoms with Crippen molar-refractivity contribution in [3.05, 3.63) is 53.3 Å². The smallest absolute Gasteiger partial charge is 0.355 e. The number of ether oxygens (including phenoxy) is 1. The first-order valence-electron chi connectivity index (χ1n) is 8.64. The molecular formula is C19H19N3O3S. The third-order valence-electron chi connectivity index (χ3n) is 4.58. The lowest BCUT2D eigenvalue weighted by molar-refractivity contribution is -0.135. The summed E-state index contributed by atoms with van der Waals surface area (Å²) in [6.45, 7) is 1.09. The molecule has 3 aromatic rings. The van der Waals surface area contributed by atoms with E-state index in [9.17, 15) is 9.59 Å². The van der Waals surface area contributed by atoms with Gasteiger partial charge in [0.05, 0.1) is 15.2 Å². The molecule has 1 saturated heterocycles. The van der Waals surface area contributed by atoms with Crippen LogP contribution in [-0.4, -0.2) is 46.4 Å². The zero-order valence-corrected chi connectivity index (χ0v) is 15.0. The first kappa shape index (κ1) is 16.8. The molecule has 0 aliphatic carbocycles. The molecule has 1 atom stereocenters. The Morgan fingerprint density at radius 2 is 2.15 bits per heavy atom. The number of thiazole rings is 1. The Labute approximate surface area is 154 Å². The fraction of sp³-hybridized carbons (Fsp3) is 0.316. The van der Waals surface area contributed by atoms with Gasteiger partial charge in [-0.3, -0.25) is 4.79 Å². The fourth-order valence-corrected chi connectivity index (χ4v) is 4.32. The monoisotopic (exact) mass is 369 g/mol. The molecule has 3 heterocycles. The molecule has 6 nitrogen and oxygen atoms in total. The standard InChI is InChI=1S/C19H19N3O3S/c23-17(12-25-19(24)15-7-3-9-20-15)22-10-4-5-13(11-22)18-21-14-6-1-2-8-16(14)26-18/h1-3,6-9,13,20H,4-5,10-12H2/t13-/m0/s1. The number of rotatable bonds is 4. The summed E-state index contributed by atoms with van der Waals surface area (Å²) in [4.78, 5) is 33.6. The van der Waals surface area contributed by atoms with Gasteiger partial charge in [0.1, 0.15) is 5.69 Å². The van der Waals surface area contributed by atoms with Crippen molar-refractivity contribution >= 4 is 33.4 Å². The van der Waals surface area contributed by atoms with Crippen molar-refractivity contribution < 1.29 is 14.3 Å². The number of H-pyrrole nitrogens is 1. The SMILES string of the molecule is O=C(OCC(=O)N1CCC[C@H](c2nc3ccccc3s2)C1)c1ccc[nH]1. The topological polar surface area (TPSA) is 75.3 Å². The van der Waals surface area contributed by atoms with E-state index in [1.165, 1.54) is 4.70 Å². The molecule has 0 bridgehead atoms. The second-order valence-electron chi connectivity index (χ2n) is 6.36. The van der Waals surface area contributed by atoms with Crippen molar-refractivity contribution in [2.45, 2.75) is 18.8 Å². The normalized spacial score (nSPS) is 17.4. The van der Waals surface area contributed by atoms with Crippen LogP contribution in [-0.2, 0) is 9.53 Å². The minimum absolute atomic E-state index is 0.157. The number of hydrogen-bond acceptors (Lipinski definition) is 5. The second kappa shape index (κ2) is 7.29. The molecular weight excluding hydrogens is 350 g/mol. The van der Waals surface area contributed by atoms with Crippen LogP contribution in [0.4, 0.5) is 0 Å². The number of likely N-dealkylation sites (tertiary alicyclic amines) is 1. The van der Waals surface area contributed by atoms with Crippen LogP contribution >= 0.6 is 11.3 Å². The predicted molar refractivity (Wildman–Crippen MR) is 99.3 cm³/mol. The number of nitrogens with one attached hydrogen (secondary N) is 1. The van der Waals surface area contributed by atoms with E-state index in [0.29, 0.717) is 18.8 Å². The molecule has 0 saturated carbocycles. The fourth-order valence-electron chi connectivity index (χ4n) is 3.22. The number of para-hydroxylation sites is 1. The average Bonchev–Trinajstić information content (AvgIpc) is 3.35. The van der Waals surface area contributed by atoms with Crippen LogP contribution in [0.3, 0.4) is 0 Å². The van der Waals surface area contributed by atoms with Gasteiger partial charge < -0.3 is 14.6 Å². The average molecular weight is 369 g/mol. The van der Waals surface area contributed by atoms with E-state index in [0.717, 1.165) is 23.4 Å². The largest absolute Gasteiger partial charge is 0.451 e. The van der Waals surface area contributed by atoms with E-state index in [1.807, 2.05) is 18.2 Å². The number of aromatic nitrogens is 2. The van der Waals surface area contributed by atoms with Crippen LogP contribution in [0.15, 0.2) is 42.6 Å². The summed E-state index contributed by atoms with van der Waals surface area (Å²) in [5.74, 6) is -0.428. The number of piperidine rings is 1. The van der Waals surface area contributed by atoms with Crippen LogP contribution in [0.2, 0.25) is 0 Å².